The predicted molar refractivity (Wildman–Crippen MR) is 84.2 cm³/mol. The van der Waals surface area contributed by atoms with Crippen LogP contribution < -0.4 is 10.5 Å². The Balaban J connectivity index is 1.81. The van der Waals surface area contributed by atoms with Crippen molar-refractivity contribution in [2.75, 3.05) is 6.61 Å². The highest BCUT2D eigenvalue weighted by atomic mass is 32.1. The maximum absolute atomic E-state index is 5.97. The van der Waals surface area contributed by atoms with Crippen LogP contribution in [0.5, 0.6) is 5.88 Å². The number of fused-ring (bicyclic) bond motifs is 1. The Morgan fingerprint density at radius 1 is 1.25 bits per heavy atom. The highest BCUT2D eigenvalue weighted by molar-refractivity contribution is 7.80. The van der Waals surface area contributed by atoms with Gasteiger partial charge in [0.1, 0.15) is 4.99 Å². The number of thiocarbonyl (C=S) groups is 1. The minimum Gasteiger partial charge on any atom is -0.477 e. The van der Waals surface area contributed by atoms with Crippen LogP contribution >= 0.6 is 12.2 Å². The summed E-state index contributed by atoms with van der Waals surface area (Å²) in [7, 11) is 0. The molecule has 0 aliphatic heterocycles. The van der Waals surface area contributed by atoms with Crippen LogP contribution in [0.4, 0.5) is 0 Å². The molecule has 108 valence electrons. The lowest BCUT2D eigenvalue weighted by molar-refractivity contribution is 0.242. The van der Waals surface area contributed by atoms with Crippen LogP contribution in [-0.2, 0) is 12.8 Å². The van der Waals surface area contributed by atoms with Gasteiger partial charge in [0.15, 0.2) is 0 Å². The van der Waals surface area contributed by atoms with E-state index < -0.39 is 0 Å². The minimum atomic E-state index is 0.396. The number of hydrogen-bond acceptors (Lipinski definition) is 3. The fourth-order valence-corrected chi connectivity index (χ4v) is 3.42. The third-order valence-corrected chi connectivity index (χ3v) is 4.68. The summed E-state index contributed by atoms with van der Waals surface area (Å²) in [5, 5.41) is 0. The summed E-state index contributed by atoms with van der Waals surface area (Å²) >= 11 is 5.16. The predicted octanol–water partition coefficient (Wildman–Crippen LogP) is 3.16. The van der Waals surface area contributed by atoms with E-state index in [9.17, 15) is 0 Å². The third kappa shape index (κ3) is 2.95. The Labute approximate surface area is 125 Å². The second-order valence-corrected chi connectivity index (χ2v) is 6.42. The van der Waals surface area contributed by atoms with E-state index in [0.717, 1.165) is 25.0 Å². The van der Waals surface area contributed by atoms with Gasteiger partial charge >= 0.3 is 0 Å². The molecule has 0 atom stereocenters. The summed E-state index contributed by atoms with van der Waals surface area (Å²) < 4.78 is 5.97. The fraction of sp³-hybridized carbons (Fsp3) is 0.625. The van der Waals surface area contributed by atoms with Crippen molar-refractivity contribution in [3.63, 3.8) is 0 Å². The Kier molecular flexibility index (Phi) is 4.20. The zero-order valence-electron chi connectivity index (χ0n) is 11.9. The highest BCUT2D eigenvalue weighted by Gasteiger charge is 2.20. The summed E-state index contributed by atoms with van der Waals surface area (Å²) in [6.45, 7) is 0.751. The van der Waals surface area contributed by atoms with E-state index >= 15 is 0 Å². The number of nitrogens with two attached hydrogens (primary N) is 1. The molecule has 20 heavy (non-hydrogen) atoms. The van der Waals surface area contributed by atoms with Gasteiger partial charge in [-0.15, -0.1) is 0 Å². The van der Waals surface area contributed by atoms with Gasteiger partial charge in [0.2, 0.25) is 5.88 Å². The Bertz CT molecular complexity index is 509. The van der Waals surface area contributed by atoms with Crippen molar-refractivity contribution in [1.82, 2.24) is 4.98 Å². The number of ether oxygens (including phenoxy) is 1. The first kappa shape index (κ1) is 13.8. The SMILES string of the molecule is NC(=S)c1cc2c(nc1OCC1CCCC1)CCCC2. The molecule has 4 heteroatoms. The molecule has 1 fully saturated rings. The van der Waals surface area contributed by atoms with Gasteiger partial charge in [-0.2, -0.15) is 0 Å². The molecular weight excluding hydrogens is 268 g/mol. The number of rotatable bonds is 4. The number of hydrogen-bond donors (Lipinski definition) is 1. The standard InChI is InChI=1S/C16H22N2OS/c17-15(20)13-9-12-7-3-4-8-14(12)18-16(13)19-10-11-5-1-2-6-11/h9,11H,1-8,10H2,(H2,17,20). The molecule has 0 unspecified atom stereocenters. The molecule has 3 rings (SSSR count). The van der Waals surface area contributed by atoms with E-state index in [-0.39, 0.29) is 0 Å². The number of aryl methyl sites for hydroxylation is 2. The Hall–Kier alpha value is -1.16. The van der Waals surface area contributed by atoms with Crippen LogP contribution in [0.15, 0.2) is 6.07 Å². The van der Waals surface area contributed by atoms with Gasteiger partial charge in [0, 0.05) is 5.69 Å². The number of pyridine rings is 1. The van der Waals surface area contributed by atoms with E-state index in [1.165, 1.54) is 49.8 Å². The molecule has 0 bridgehead atoms. The zero-order chi connectivity index (χ0) is 13.9. The number of nitrogens with zero attached hydrogens (tertiary/aromatic N) is 1. The molecule has 1 heterocycles. The van der Waals surface area contributed by atoms with Crippen molar-refractivity contribution in [3.8, 4) is 5.88 Å². The van der Waals surface area contributed by atoms with E-state index in [2.05, 4.69) is 6.07 Å². The zero-order valence-corrected chi connectivity index (χ0v) is 12.7. The lowest BCUT2D eigenvalue weighted by Crippen LogP contribution is -2.18. The van der Waals surface area contributed by atoms with E-state index in [1.807, 2.05) is 0 Å². The minimum absolute atomic E-state index is 0.396. The van der Waals surface area contributed by atoms with Crippen LogP contribution in [0.2, 0.25) is 0 Å². The smallest absolute Gasteiger partial charge is 0.224 e. The van der Waals surface area contributed by atoms with Crippen LogP contribution in [-0.4, -0.2) is 16.6 Å². The first-order valence-corrected chi connectivity index (χ1v) is 8.10. The fourth-order valence-electron chi connectivity index (χ4n) is 3.28. The van der Waals surface area contributed by atoms with Crippen LogP contribution in [0.3, 0.4) is 0 Å². The highest BCUT2D eigenvalue weighted by Crippen LogP contribution is 2.29. The van der Waals surface area contributed by atoms with Gasteiger partial charge in [-0.25, -0.2) is 4.98 Å². The molecule has 0 saturated heterocycles. The second-order valence-electron chi connectivity index (χ2n) is 5.98. The van der Waals surface area contributed by atoms with Crippen molar-refractivity contribution >= 4 is 17.2 Å². The molecule has 0 amide bonds. The summed E-state index contributed by atoms with van der Waals surface area (Å²) in [5.41, 5.74) is 9.14. The monoisotopic (exact) mass is 290 g/mol. The van der Waals surface area contributed by atoms with Crippen molar-refractivity contribution in [3.05, 3.63) is 22.9 Å². The Morgan fingerprint density at radius 3 is 2.75 bits per heavy atom. The first-order chi connectivity index (χ1) is 9.74. The molecule has 1 aromatic rings. The maximum atomic E-state index is 5.97. The average Bonchev–Trinajstić information content (AvgIpc) is 2.97. The normalized spacial score (nSPS) is 18.8. The molecule has 2 aliphatic rings. The molecule has 0 aromatic carbocycles. The van der Waals surface area contributed by atoms with Gasteiger partial charge in [-0.05, 0) is 56.1 Å². The van der Waals surface area contributed by atoms with Gasteiger partial charge in [0.05, 0.1) is 12.2 Å². The molecule has 2 aliphatic carbocycles. The van der Waals surface area contributed by atoms with Gasteiger partial charge in [-0.3, -0.25) is 0 Å². The molecule has 3 nitrogen and oxygen atoms in total. The van der Waals surface area contributed by atoms with E-state index in [4.69, 9.17) is 27.7 Å². The molecule has 0 spiro atoms. The summed E-state index contributed by atoms with van der Waals surface area (Å²) in [4.78, 5) is 5.10. The van der Waals surface area contributed by atoms with Crippen molar-refractivity contribution in [2.24, 2.45) is 11.7 Å². The summed E-state index contributed by atoms with van der Waals surface area (Å²) in [5.74, 6) is 1.33. The van der Waals surface area contributed by atoms with Crippen molar-refractivity contribution < 1.29 is 4.74 Å². The lowest BCUT2D eigenvalue weighted by atomic mass is 9.95. The molecular formula is C16H22N2OS. The second kappa shape index (κ2) is 6.08. The van der Waals surface area contributed by atoms with Crippen LogP contribution in [0.1, 0.15) is 55.3 Å². The quantitative estimate of drug-likeness (QED) is 0.865. The third-order valence-electron chi connectivity index (χ3n) is 4.46. The average molecular weight is 290 g/mol. The Morgan fingerprint density at radius 2 is 2.00 bits per heavy atom. The number of aromatic nitrogens is 1. The molecule has 2 N–H and O–H groups in total. The maximum Gasteiger partial charge on any atom is 0.224 e. The van der Waals surface area contributed by atoms with Crippen LogP contribution in [0, 0.1) is 5.92 Å². The van der Waals surface area contributed by atoms with Gasteiger partial charge in [-0.1, -0.05) is 25.1 Å². The van der Waals surface area contributed by atoms with E-state index in [0.29, 0.717) is 16.8 Å². The van der Waals surface area contributed by atoms with E-state index in [1.54, 1.807) is 0 Å². The van der Waals surface area contributed by atoms with Crippen molar-refractivity contribution in [2.45, 2.75) is 51.4 Å². The largest absolute Gasteiger partial charge is 0.477 e. The summed E-state index contributed by atoms with van der Waals surface area (Å²) in [6, 6.07) is 2.10. The van der Waals surface area contributed by atoms with Crippen molar-refractivity contribution in [1.29, 1.82) is 0 Å². The molecule has 1 saturated carbocycles. The molecule has 0 radical (unpaired) electrons. The first-order valence-electron chi connectivity index (χ1n) is 7.69. The summed E-state index contributed by atoms with van der Waals surface area (Å²) in [6.07, 6.45) is 9.78. The lowest BCUT2D eigenvalue weighted by Gasteiger charge is -2.19. The van der Waals surface area contributed by atoms with Gasteiger partial charge < -0.3 is 10.5 Å². The van der Waals surface area contributed by atoms with Crippen LogP contribution in [0.25, 0.3) is 0 Å². The topological polar surface area (TPSA) is 48.1 Å². The molecule has 1 aromatic heterocycles. The van der Waals surface area contributed by atoms with Gasteiger partial charge in [0.25, 0.3) is 0 Å².